The van der Waals surface area contributed by atoms with E-state index in [1.807, 2.05) is 72.8 Å². The van der Waals surface area contributed by atoms with Gasteiger partial charge in [0.15, 0.2) is 5.58 Å². The molecule has 1 amide bonds. The summed E-state index contributed by atoms with van der Waals surface area (Å²) in [6.45, 7) is 0. The Hall–Kier alpha value is -3.60. The fraction of sp³-hybridized carbons (Fsp3) is 0.0909. The summed E-state index contributed by atoms with van der Waals surface area (Å²) in [5.74, 6) is 1.21. The molecular weight excluding hydrogens is 340 g/mol. The predicted octanol–water partition coefficient (Wildman–Crippen LogP) is 4.68. The number of rotatable bonds is 5. The molecule has 1 N–H and O–H groups in total. The molecule has 0 bridgehead atoms. The minimum Gasteiger partial charge on any atom is -0.497 e. The summed E-state index contributed by atoms with van der Waals surface area (Å²) < 4.78 is 11.0. The van der Waals surface area contributed by atoms with E-state index >= 15 is 0 Å². The van der Waals surface area contributed by atoms with Gasteiger partial charge in [0.2, 0.25) is 11.8 Å². The number of benzene rings is 3. The number of carbonyl (C=O) groups is 1. The molecule has 4 rings (SSSR count). The molecule has 4 aromatic rings. The minimum atomic E-state index is -0.0853. The zero-order valence-electron chi connectivity index (χ0n) is 14.8. The summed E-state index contributed by atoms with van der Waals surface area (Å²) in [5, 5.41) is 2.90. The van der Waals surface area contributed by atoms with Crippen molar-refractivity contribution >= 4 is 22.7 Å². The van der Waals surface area contributed by atoms with Crippen molar-refractivity contribution in [1.82, 2.24) is 4.98 Å². The van der Waals surface area contributed by atoms with Crippen molar-refractivity contribution in [3.63, 3.8) is 0 Å². The van der Waals surface area contributed by atoms with Gasteiger partial charge in [0.1, 0.15) is 11.3 Å². The number of anilines is 1. The van der Waals surface area contributed by atoms with E-state index in [0.717, 1.165) is 33.7 Å². The average Bonchev–Trinajstić information content (AvgIpc) is 3.13. The molecule has 27 heavy (non-hydrogen) atoms. The van der Waals surface area contributed by atoms with Crippen LogP contribution in [0, 0.1) is 0 Å². The Labute approximate surface area is 156 Å². The third-order valence-electron chi connectivity index (χ3n) is 4.21. The van der Waals surface area contributed by atoms with Crippen LogP contribution in [0.4, 0.5) is 5.69 Å². The van der Waals surface area contributed by atoms with E-state index in [1.54, 1.807) is 7.11 Å². The van der Waals surface area contributed by atoms with E-state index in [9.17, 15) is 4.79 Å². The van der Waals surface area contributed by atoms with E-state index in [4.69, 9.17) is 9.15 Å². The Bertz CT molecular complexity index is 1050. The van der Waals surface area contributed by atoms with Gasteiger partial charge in [0, 0.05) is 11.3 Å². The van der Waals surface area contributed by atoms with Gasteiger partial charge in [-0.05, 0) is 54.1 Å². The summed E-state index contributed by atoms with van der Waals surface area (Å²) >= 11 is 0. The number of methoxy groups -OCH3 is 1. The maximum Gasteiger partial charge on any atom is 0.228 e. The van der Waals surface area contributed by atoms with E-state index in [-0.39, 0.29) is 12.3 Å². The van der Waals surface area contributed by atoms with Gasteiger partial charge in [-0.2, -0.15) is 0 Å². The highest BCUT2D eigenvalue weighted by Crippen LogP contribution is 2.25. The van der Waals surface area contributed by atoms with Gasteiger partial charge in [-0.25, -0.2) is 4.98 Å². The molecular formula is C22H18N2O3. The number of fused-ring (bicyclic) bond motifs is 1. The fourth-order valence-corrected chi connectivity index (χ4v) is 2.86. The lowest BCUT2D eigenvalue weighted by Crippen LogP contribution is -2.14. The van der Waals surface area contributed by atoms with Crippen LogP contribution in [0.2, 0.25) is 0 Å². The number of amides is 1. The molecule has 0 aliphatic carbocycles. The van der Waals surface area contributed by atoms with Crippen molar-refractivity contribution in [3.8, 4) is 17.2 Å². The molecule has 1 aromatic heterocycles. The quantitative estimate of drug-likeness (QED) is 0.562. The summed E-state index contributed by atoms with van der Waals surface area (Å²) in [7, 11) is 1.61. The van der Waals surface area contributed by atoms with Crippen LogP contribution in [0.3, 0.4) is 0 Å². The Kier molecular flexibility index (Phi) is 4.58. The third-order valence-corrected chi connectivity index (χ3v) is 4.21. The number of nitrogens with zero attached hydrogens (tertiary/aromatic N) is 1. The van der Waals surface area contributed by atoms with Crippen LogP contribution in [0.25, 0.3) is 22.6 Å². The second-order valence-electron chi connectivity index (χ2n) is 6.14. The molecule has 0 aliphatic rings. The zero-order chi connectivity index (χ0) is 18.6. The first-order valence-electron chi connectivity index (χ1n) is 8.60. The second-order valence-corrected chi connectivity index (χ2v) is 6.14. The predicted molar refractivity (Wildman–Crippen MR) is 105 cm³/mol. The lowest BCUT2D eigenvalue weighted by molar-refractivity contribution is -0.115. The molecule has 5 nitrogen and oxygen atoms in total. The van der Waals surface area contributed by atoms with Gasteiger partial charge >= 0.3 is 0 Å². The van der Waals surface area contributed by atoms with Gasteiger partial charge in [0.05, 0.1) is 13.5 Å². The van der Waals surface area contributed by atoms with Crippen molar-refractivity contribution in [2.24, 2.45) is 0 Å². The number of hydrogen-bond donors (Lipinski definition) is 1. The van der Waals surface area contributed by atoms with Gasteiger partial charge < -0.3 is 14.5 Å². The number of carbonyl (C=O) groups excluding carboxylic acids is 1. The van der Waals surface area contributed by atoms with Crippen LogP contribution in [0.15, 0.2) is 77.2 Å². The highest BCUT2D eigenvalue weighted by Gasteiger charge is 2.09. The van der Waals surface area contributed by atoms with Crippen molar-refractivity contribution in [3.05, 3.63) is 78.4 Å². The molecule has 0 saturated heterocycles. The van der Waals surface area contributed by atoms with Crippen molar-refractivity contribution in [2.75, 3.05) is 12.4 Å². The number of ether oxygens (including phenoxy) is 1. The summed E-state index contributed by atoms with van der Waals surface area (Å²) in [5.41, 5.74) is 4.06. The maximum absolute atomic E-state index is 12.3. The van der Waals surface area contributed by atoms with E-state index in [1.165, 1.54) is 0 Å². The molecule has 0 atom stereocenters. The normalized spacial score (nSPS) is 10.7. The topological polar surface area (TPSA) is 64.4 Å². The monoisotopic (exact) mass is 358 g/mol. The van der Waals surface area contributed by atoms with Crippen LogP contribution in [-0.2, 0) is 11.2 Å². The molecule has 0 aliphatic heterocycles. The molecule has 0 spiro atoms. The van der Waals surface area contributed by atoms with Gasteiger partial charge in [-0.15, -0.1) is 0 Å². The van der Waals surface area contributed by atoms with Crippen molar-refractivity contribution < 1.29 is 13.9 Å². The molecule has 1 heterocycles. The molecule has 5 heteroatoms. The maximum atomic E-state index is 12.3. The zero-order valence-corrected chi connectivity index (χ0v) is 14.8. The fourth-order valence-electron chi connectivity index (χ4n) is 2.86. The van der Waals surface area contributed by atoms with Crippen LogP contribution < -0.4 is 10.1 Å². The standard InChI is InChI=1S/C22H18N2O3/c1-26-18-6-4-5-15(13-18)14-21(25)23-17-11-9-16(10-12-17)22-24-19-7-2-3-8-20(19)27-22/h2-13H,14H2,1H3,(H,23,25). The molecule has 0 unspecified atom stereocenters. The van der Waals surface area contributed by atoms with Crippen LogP contribution in [0.1, 0.15) is 5.56 Å². The number of oxazole rings is 1. The highest BCUT2D eigenvalue weighted by molar-refractivity contribution is 5.92. The molecule has 0 radical (unpaired) electrons. The highest BCUT2D eigenvalue weighted by atomic mass is 16.5. The first-order chi connectivity index (χ1) is 13.2. The van der Waals surface area contributed by atoms with Crippen molar-refractivity contribution in [1.29, 1.82) is 0 Å². The largest absolute Gasteiger partial charge is 0.497 e. The Morgan fingerprint density at radius 1 is 1.04 bits per heavy atom. The van der Waals surface area contributed by atoms with Gasteiger partial charge in [0.25, 0.3) is 0 Å². The number of nitrogens with one attached hydrogen (secondary N) is 1. The molecule has 0 fully saturated rings. The van der Waals surface area contributed by atoms with Crippen LogP contribution >= 0.6 is 0 Å². The summed E-state index contributed by atoms with van der Waals surface area (Å²) in [4.78, 5) is 16.8. The Balaban J connectivity index is 1.44. The molecule has 3 aromatic carbocycles. The lowest BCUT2D eigenvalue weighted by atomic mass is 10.1. The molecule has 0 saturated carbocycles. The summed E-state index contributed by atoms with van der Waals surface area (Å²) in [6.07, 6.45) is 0.282. The van der Waals surface area contributed by atoms with E-state index in [2.05, 4.69) is 10.3 Å². The number of hydrogen-bond acceptors (Lipinski definition) is 4. The first-order valence-corrected chi connectivity index (χ1v) is 8.60. The van der Waals surface area contributed by atoms with Gasteiger partial charge in [-0.1, -0.05) is 24.3 Å². The second kappa shape index (κ2) is 7.33. The van der Waals surface area contributed by atoms with Crippen LogP contribution in [-0.4, -0.2) is 18.0 Å². The van der Waals surface area contributed by atoms with Gasteiger partial charge in [-0.3, -0.25) is 4.79 Å². The lowest BCUT2D eigenvalue weighted by Gasteiger charge is -2.07. The average molecular weight is 358 g/mol. The smallest absolute Gasteiger partial charge is 0.228 e. The van der Waals surface area contributed by atoms with Crippen LogP contribution in [0.5, 0.6) is 5.75 Å². The summed E-state index contributed by atoms with van der Waals surface area (Å²) in [6, 6.07) is 22.6. The number of aromatic nitrogens is 1. The molecule has 134 valence electrons. The van der Waals surface area contributed by atoms with E-state index < -0.39 is 0 Å². The number of para-hydroxylation sites is 2. The third kappa shape index (κ3) is 3.82. The first kappa shape index (κ1) is 16.8. The SMILES string of the molecule is COc1cccc(CC(=O)Nc2ccc(-c3nc4ccccc4o3)cc2)c1. The Morgan fingerprint density at radius 2 is 1.85 bits per heavy atom. The van der Waals surface area contributed by atoms with Crippen molar-refractivity contribution in [2.45, 2.75) is 6.42 Å². The Morgan fingerprint density at radius 3 is 2.63 bits per heavy atom. The van der Waals surface area contributed by atoms with E-state index in [0.29, 0.717) is 5.89 Å². The minimum absolute atomic E-state index is 0.0853.